The van der Waals surface area contributed by atoms with Crippen LogP contribution in [-0.2, 0) is 14.8 Å². The highest BCUT2D eigenvalue weighted by Gasteiger charge is 2.31. The van der Waals surface area contributed by atoms with Gasteiger partial charge < -0.3 is 9.47 Å². The van der Waals surface area contributed by atoms with Gasteiger partial charge in [-0.2, -0.15) is 0 Å². The molecular weight excluding hydrogens is 507 g/mol. The molecule has 36 heavy (non-hydrogen) atoms. The van der Waals surface area contributed by atoms with Crippen LogP contribution in [0.2, 0.25) is 5.02 Å². The van der Waals surface area contributed by atoms with Gasteiger partial charge in [0.25, 0.3) is 5.91 Å². The fourth-order valence-corrected chi connectivity index (χ4v) is 5.38. The number of rotatable bonds is 10. The minimum absolute atomic E-state index is 0.122. The van der Waals surface area contributed by atoms with E-state index < -0.39 is 21.7 Å². The number of halogens is 2. The summed E-state index contributed by atoms with van der Waals surface area (Å²) in [6, 6.07) is 10.6. The van der Waals surface area contributed by atoms with Crippen molar-refractivity contribution in [3.63, 3.8) is 0 Å². The van der Waals surface area contributed by atoms with Gasteiger partial charge >= 0.3 is 0 Å². The Hall–Kier alpha value is -2.20. The molecule has 2 fully saturated rings. The van der Waals surface area contributed by atoms with Crippen molar-refractivity contribution in [2.45, 2.75) is 37.6 Å². The lowest BCUT2D eigenvalue weighted by Gasteiger charge is -2.37. The lowest BCUT2D eigenvalue weighted by molar-refractivity contribution is 0.0556. The van der Waals surface area contributed by atoms with E-state index >= 15 is 0 Å². The van der Waals surface area contributed by atoms with E-state index in [1.165, 1.54) is 12.1 Å². The second-order valence-corrected chi connectivity index (χ2v) is 11.8. The normalized spacial score (nSPS) is 18.1. The average Bonchev–Trinajstić information content (AvgIpc) is 3.66. The van der Waals surface area contributed by atoms with Gasteiger partial charge in [0.15, 0.2) is 0 Å². The summed E-state index contributed by atoms with van der Waals surface area (Å²) in [6.07, 6.45) is 4.57. The van der Waals surface area contributed by atoms with Crippen LogP contribution in [0, 0.1) is 11.7 Å². The molecule has 196 valence electrons. The molecule has 2 aromatic rings. The Balaban J connectivity index is 1.39. The van der Waals surface area contributed by atoms with Crippen molar-refractivity contribution < 1.29 is 27.1 Å². The van der Waals surface area contributed by atoms with Crippen LogP contribution in [0.4, 0.5) is 4.39 Å². The molecule has 7 nitrogen and oxygen atoms in total. The van der Waals surface area contributed by atoms with Crippen LogP contribution in [0.15, 0.2) is 36.4 Å². The van der Waals surface area contributed by atoms with Gasteiger partial charge in [-0.25, -0.2) is 17.5 Å². The summed E-state index contributed by atoms with van der Waals surface area (Å²) >= 11 is 6.20. The van der Waals surface area contributed by atoms with E-state index in [0.717, 1.165) is 56.2 Å². The molecule has 1 amide bonds. The maximum atomic E-state index is 14.7. The van der Waals surface area contributed by atoms with Gasteiger partial charge in [0, 0.05) is 18.2 Å². The number of amides is 1. The van der Waals surface area contributed by atoms with Crippen LogP contribution in [0.1, 0.15) is 59.1 Å². The molecule has 0 unspecified atom stereocenters. The first-order chi connectivity index (χ1) is 17.1. The smallest absolute Gasteiger partial charge is 0.267 e. The predicted octanol–water partition coefficient (Wildman–Crippen LogP) is 4.52. The second-order valence-electron chi connectivity index (χ2n) is 9.66. The Bertz CT molecular complexity index is 1200. The molecule has 1 heterocycles. The maximum Gasteiger partial charge on any atom is 0.267 e. The Labute approximate surface area is 217 Å². The van der Waals surface area contributed by atoms with E-state index in [1.54, 1.807) is 7.11 Å². The van der Waals surface area contributed by atoms with E-state index in [2.05, 4.69) is 11.0 Å². The zero-order valence-electron chi connectivity index (χ0n) is 20.5. The van der Waals surface area contributed by atoms with Crippen LogP contribution in [0.3, 0.4) is 0 Å². The summed E-state index contributed by atoms with van der Waals surface area (Å²) in [6.45, 7) is 2.78. The molecule has 1 aliphatic carbocycles. The van der Waals surface area contributed by atoms with Crippen molar-refractivity contribution in [1.82, 2.24) is 9.62 Å². The Kier molecular flexibility index (Phi) is 8.55. The van der Waals surface area contributed by atoms with E-state index in [1.807, 2.05) is 22.9 Å². The third-order valence-corrected chi connectivity index (χ3v) is 7.55. The third-order valence-electron chi connectivity index (χ3n) is 6.76. The summed E-state index contributed by atoms with van der Waals surface area (Å²) in [4.78, 5) is 14.7. The molecule has 0 bridgehead atoms. The summed E-state index contributed by atoms with van der Waals surface area (Å²) in [5.74, 6) is -0.827. The third kappa shape index (κ3) is 6.97. The molecule has 0 spiro atoms. The van der Waals surface area contributed by atoms with Gasteiger partial charge in [0.1, 0.15) is 11.6 Å². The van der Waals surface area contributed by atoms with E-state index in [9.17, 15) is 17.6 Å². The Morgan fingerprint density at radius 3 is 2.53 bits per heavy atom. The van der Waals surface area contributed by atoms with Crippen molar-refractivity contribution >= 4 is 27.5 Å². The van der Waals surface area contributed by atoms with Crippen molar-refractivity contribution in [2.75, 3.05) is 39.7 Å². The number of nitrogens with zero attached hydrogens (tertiary/aromatic N) is 1. The molecule has 1 aliphatic heterocycles. The summed E-state index contributed by atoms with van der Waals surface area (Å²) < 4.78 is 51.0. The number of hydrogen-bond acceptors (Lipinski definition) is 6. The SMILES string of the molecule is COC[C@H](c1cccc(Cl)c1)N1CCC(COc2cc(F)c(C(=O)NS(C)(=O)=O)cc2C2CC2)CC1. The lowest BCUT2D eigenvalue weighted by Crippen LogP contribution is -2.39. The number of methoxy groups -OCH3 is 1. The quantitative estimate of drug-likeness (QED) is 0.478. The summed E-state index contributed by atoms with van der Waals surface area (Å²) in [5.41, 5.74) is 1.60. The van der Waals surface area contributed by atoms with Crippen molar-refractivity contribution in [3.05, 3.63) is 63.9 Å². The molecule has 1 saturated heterocycles. The number of carbonyl (C=O) groups is 1. The van der Waals surface area contributed by atoms with Gasteiger partial charge in [0.2, 0.25) is 10.0 Å². The highest BCUT2D eigenvalue weighted by molar-refractivity contribution is 7.89. The Morgan fingerprint density at radius 2 is 1.92 bits per heavy atom. The van der Waals surface area contributed by atoms with E-state index in [4.69, 9.17) is 21.1 Å². The van der Waals surface area contributed by atoms with E-state index in [0.29, 0.717) is 29.9 Å². The van der Waals surface area contributed by atoms with E-state index in [-0.39, 0.29) is 17.5 Å². The number of piperidine rings is 1. The van der Waals surface area contributed by atoms with Gasteiger partial charge in [-0.15, -0.1) is 0 Å². The number of likely N-dealkylation sites (tertiary alicyclic amines) is 1. The van der Waals surface area contributed by atoms with Crippen molar-refractivity contribution in [3.8, 4) is 5.75 Å². The average molecular weight is 539 g/mol. The van der Waals surface area contributed by atoms with Crippen molar-refractivity contribution in [2.24, 2.45) is 5.92 Å². The molecule has 0 radical (unpaired) electrons. The first-order valence-electron chi connectivity index (χ1n) is 12.1. The first kappa shape index (κ1) is 26.9. The van der Waals surface area contributed by atoms with Crippen LogP contribution in [-0.4, -0.2) is 58.9 Å². The fraction of sp³-hybridized carbons (Fsp3) is 0.500. The Morgan fingerprint density at radius 1 is 1.19 bits per heavy atom. The van der Waals surface area contributed by atoms with Crippen LogP contribution in [0.5, 0.6) is 5.75 Å². The zero-order chi connectivity index (χ0) is 25.9. The number of nitrogens with one attached hydrogen (secondary N) is 1. The van der Waals surface area contributed by atoms with Gasteiger partial charge in [-0.3, -0.25) is 9.69 Å². The van der Waals surface area contributed by atoms with Crippen LogP contribution >= 0.6 is 11.6 Å². The number of sulfonamides is 1. The maximum absolute atomic E-state index is 14.7. The molecule has 1 saturated carbocycles. The minimum atomic E-state index is -3.79. The number of ether oxygens (including phenoxy) is 2. The summed E-state index contributed by atoms with van der Waals surface area (Å²) in [5, 5.41) is 0.704. The molecule has 1 N–H and O–H groups in total. The van der Waals surface area contributed by atoms with Crippen LogP contribution in [0.25, 0.3) is 0 Å². The molecule has 10 heteroatoms. The van der Waals surface area contributed by atoms with Crippen molar-refractivity contribution in [1.29, 1.82) is 0 Å². The highest BCUT2D eigenvalue weighted by atomic mass is 35.5. The minimum Gasteiger partial charge on any atom is -0.493 e. The molecular formula is C26H32ClFN2O5S. The van der Waals surface area contributed by atoms with Gasteiger partial charge in [-0.05, 0) is 79.9 Å². The lowest BCUT2D eigenvalue weighted by atomic mass is 9.95. The number of hydrogen-bond donors (Lipinski definition) is 1. The van der Waals surface area contributed by atoms with Gasteiger partial charge in [0.05, 0.1) is 31.1 Å². The zero-order valence-corrected chi connectivity index (χ0v) is 22.1. The predicted molar refractivity (Wildman–Crippen MR) is 137 cm³/mol. The molecule has 0 aromatic heterocycles. The fourth-order valence-electron chi connectivity index (χ4n) is 4.73. The largest absolute Gasteiger partial charge is 0.493 e. The summed E-state index contributed by atoms with van der Waals surface area (Å²) in [7, 11) is -2.09. The molecule has 1 atom stereocenters. The van der Waals surface area contributed by atoms with Gasteiger partial charge in [-0.1, -0.05) is 23.7 Å². The molecule has 2 aliphatic rings. The topological polar surface area (TPSA) is 84.9 Å². The highest BCUT2D eigenvalue weighted by Crippen LogP contribution is 2.45. The molecule has 4 rings (SSSR count). The van der Waals surface area contributed by atoms with Crippen LogP contribution < -0.4 is 9.46 Å². The first-order valence-corrected chi connectivity index (χ1v) is 14.4. The monoisotopic (exact) mass is 538 g/mol. The number of benzene rings is 2. The second kappa shape index (κ2) is 11.5. The number of carbonyl (C=O) groups excluding carboxylic acids is 1. The standard InChI is InChI=1S/C26H32ClFN2O5S/c1-34-16-24(19-4-3-5-20(27)12-19)30-10-8-17(9-11-30)15-35-25-14-23(28)22(13-21(25)18-6-7-18)26(31)29-36(2,32)33/h3-5,12-14,17-18,24H,6-11,15-16H2,1-2H3,(H,29,31)/t24-/m1/s1. The molecule has 2 aromatic carbocycles.